The molecular weight excluding hydrogens is 262 g/mol. The van der Waals surface area contributed by atoms with Crippen LogP contribution in [0.4, 0.5) is 14.5 Å². The van der Waals surface area contributed by atoms with Gasteiger partial charge in [0.1, 0.15) is 5.69 Å². The molecule has 0 aliphatic heterocycles. The number of aliphatic hydroxyl groups is 1. The molecule has 0 amide bonds. The normalized spacial score (nSPS) is 26.1. The summed E-state index contributed by atoms with van der Waals surface area (Å²) in [5.41, 5.74) is -0.664. The number of hydrogen-bond acceptors (Lipinski definition) is 3. The van der Waals surface area contributed by atoms with E-state index in [0.29, 0.717) is 6.54 Å². The van der Waals surface area contributed by atoms with Gasteiger partial charge in [-0.15, -0.1) is 0 Å². The summed E-state index contributed by atoms with van der Waals surface area (Å²) in [6.07, 6.45) is 3.06. The van der Waals surface area contributed by atoms with Gasteiger partial charge < -0.3 is 10.4 Å². The summed E-state index contributed by atoms with van der Waals surface area (Å²) < 4.78 is 27.5. The first-order valence-electron chi connectivity index (χ1n) is 6.77. The fourth-order valence-electron chi connectivity index (χ4n) is 2.68. The molecular formula is C15H18F2N2O. The van der Waals surface area contributed by atoms with Crippen LogP contribution in [0.3, 0.4) is 0 Å². The number of nitriles is 1. The zero-order valence-corrected chi connectivity index (χ0v) is 11.4. The van der Waals surface area contributed by atoms with Crippen LogP contribution in [0.1, 0.15) is 38.2 Å². The number of nitrogens with one attached hydrogen (secondary N) is 1. The van der Waals surface area contributed by atoms with Crippen molar-refractivity contribution in [2.24, 2.45) is 5.41 Å². The Balaban J connectivity index is 2.13. The molecule has 1 aromatic carbocycles. The van der Waals surface area contributed by atoms with Gasteiger partial charge in [-0.2, -0.15) is 5.26 Å². The summed E-state index contributed by atoms with van der Waals surface area (Å²) in [5.74, 6) is -1.56. The predicted molar refractivity (Wildman–Crippen MR) is 72.1 cm³/mol. The Kier molecular flexibility index (Phi) is 4.24. The van der Waals surface area contributed by atoms with Gasteiger partial charge in [-0.25, -0.2) is 8.78 Å². The van der Waals surface area contributed by atoms with E-state index < -0.39 is 17.7 Å². The van der Waals surface area contributed by atoms with Crippen molar-refractivity contribution >= 4 is 5.69 Å². The van der Waals surface area contributed by atoms with Crippen molar-refractivity contribution in [3.05, 3.63) is 29.3 Å². The van der Waals surface area contributed by atoms with Crippen molar-refractivity contribution < 1.29 is 13.9 Å². The molecule has 1 saturated carbocycles. The van der Waals surface area contributed by atoms with Gasteiger partial charge in [-0.3, -0.25) is 0 Å². The SMILES string of the molecule is CC1(CNc2c(F)cc(C#N)cc2F)CCCCC1O. The molecule has 0 bridgehead atoms. The van der Waals surface area contributed by atoms with Crippen molar-refractivity contribution in [2.75, 3.05) is 11.9 Å². The quantitative estimate of drug-likeness (QED) is 0.894. The number of aliphatic hydroxyl groups excluding tert-OH is 1. The maximum Gasteiger partial charge on any atom is 0.150 e. The Bertz CT molecular complexity index is 518. The molecule has 2 rings (SSSR count). The number of halogens is 2. The van der Waals surface area contributed by atoms with E-state index in [0.717, 1.165) is 37.8 Å². The smallest absolute Gasteiger partial charge is 0.150 e. The molecule has 0 heterocycles. The van der Waals surface area contributed by atoms with Crippen LogP contribution in [0.5, 0.6) is 0 Å². The molecule has 0 saturated heterocycles. The fourth-order valence-corrected chi connectivity index (χ4v) is 2.68. The molecule has 2 N–H and O–H groups in total. The Labute approximate surface area is 117 Å². The summed E-state index contributed by atoms with van der Waals surface area (Å²) in [6.45, 7) is 2.22. The number of anilines is 1. The highest BCUT2D eigenvalue weighted by atomic mass is 19.1. The highest BCUT2D eigenvalue weighted by Crippen LogP contribution is 2.36. The van der Waals surface area contributed by atoms with E-state index in [2.05, 4.69) is 5.32 Å². The van der Waals surface area contributed by atoms with Crippen LogP contribution in [0.25, 0.3) is 0 Å². The topological polar surface area (TPSA) is 56.0 Å². The third-order valence-corrected chi connectivity index (χ3v) is 4.12. The summed E-state index contributed by atoms with van der Waals surface area (Å²) in [6, 6.07) is 3.72. The van der Waals surface area contributed by atoms with Gasteiger partial charge in [0, 0.05) is 12.0 Å². The van der Waals surface area contributed by atoms with Gasteiger partial charge in [-0.1, -0.05) is 19.8 Å². The Hall–Kier alpha value is -1.67. The Morgan fingerprint density at radius 3 is 2.60 bits per heavy atom. The number of nitrogens with zero attached hydrogens (tertiary/aromatic N) is 1. The second kappa shape index (κ2) is 5.76. The van der Waals surface area contributed by atoms with Crippen molar-refractivity contribution in [1.29, 1.82) is 5.26 Å². The number of hydrogen-bond donors (Lipinski definition) is 2. The number of rotatable bonds is 3. The predicted octanol–water partition coefficient (Wildman–Crippen LogP) is 3.19. The van der Waals surface area contributed by atoms with Gasteiger partial charge in [0.15, 0.2) is 11.6 Å². The molecule has 0 spiro atoms. The Morgan fingerprint density at radius 1 is 1.40 bits per heavy atom. The average Bonchev–Trinajstić information content (AvgIpc) is 2.41. The van der Waals surface area contributed by atoms with Crippen LogP contribution >= 0.6 is 0 Å². The lowest BCUT2D eigenvalue weighted by Crippen LogP contribution is -2.41. The zero-order valence-electron chi connectivity index (χ0n) is 11.4. The van der Waals surface area contributed by atoms with Crippen molar-refractivity contribution in [1.82, 2.24) is 0 Å². The lowest BCUT2D eigenvalue weighted by atomic mass is 9.73. The van der Waals surface area contributed by atoms with E-state index in [1.54, 1.807) is 6.07 Å². The highest BCUT2D eigenvalue weighted by molar-refractivity contribution is 5.50. The molecule has 2 atom stereocenters. The molecule has 0 radical (unpaired) electrons. The van der Waals surface area contributed by atoms with Crippen LogP contribution < -0.4 is 5.32 Å². The molecule has 3 nitrogen and oxygen atoms in total. The largest absolute Gasteiger partial charge is 0.392 e. The van der Waals surface area contributed by atoms with Gasteiger partial charge in [0.2, 0.25) is 0 Å². The minimum absolute atomic E-state index is 0.0468. The minimum Gasteiger partial charge on any atom is -0.392 e. The van der Waals surface area contributed by atoms with E-state index in [1.165, 1.54) is 0 Å². The zero-order chi connectivity index (χ0) is 14.8. The molecule has 5 heteroatoms. The van der Waals surface area contributed by atoms with E-state index in [9.17, 15) is 13.9 Å². The summed E-state index contributed by atoms with van der Waals surface area (Å²) in [7, 11) is 0. The van der Waals surface area contributed by atoms with Crippen LogP contribution in [0.15, 0.2) is 12.1 Å². The van der Waals surface area contributed by atoms with E-state index in [1.807, 2.05) is 6.92 Å². The van der Waals surface area contributed by atoms with E-state index in [-0.39, 0.29) is 16.7 Å². The first kappa shape index (κ1) is 14.7. The Morgan fingerprint density at radius 2 is 2.05 bits per heavy atom. The first-order valence-corrected chi connectivity index (χ1v) is 6.77. The molecule has 2 unspecified atom stereocenters. The second-order valence-electron chi connectivity index (χ2n) is 5.70. The van der Waals surface area contributed by atoms with Crippen LogP contribution in [-0.2, 0) is 0 Å². The molecule has 1 aromatic rings. The highest BCUT2D eigenvalue weighted by Gasteiger charge is 2.35. The maximum absolute atomic E-state index is 13.8. The van der Waals surface area contributed by atoms with Gasteiger partial charge in [0.25, 0.3) is 0 Å². The monoisotopic (exact) mass is 280 g/mol. The summed E-state index contributed by atoms with van der Waals surface area (Å²) >= 11 is 0. The lowest BCUT2D eigenvalue weighted by molar-refractivity contribution is 0.00955. The summed E-state index contributed by atoms with van der Waals surface area (Å²) in [5, 5.41) is 21.5. The standard InChI is InChI=1S/C15H18F2N2O/c1-15(5-3-2-4-13(15)20)9-19-14-11(16)6-10(8-18)7-12(14)17/h6-7,13,19-20H,2-5,9H2,1H3. The van der Waals surface area contributed by atoms with Gasteiger partial charge >= 0.3 is 0 Å². The molecule has 1 fully saturated rings. The molecule has 0 aromatic heterocycles. The van der Waals surface area contributed by atoms with E-state index in [4.69, 9.17) is 5.26 Å². The van der Waals surface area contributed by atoms with Crippen molar-refractivity contribution in [3.63, 3.8) is 0 Å². The van der Waals surface area contributed by atoms with E-state index >= 15 is 0 Å². The fraction of sp³-hybridized carbons (Fsp3) is 0.533. The lowest BCUT2D eigenvalue weighted by Gasteiger charge is -2.38. The van der Waals surface area contributed by atoms with Crippen molar-refractivity contribution in [2.45, 2.75) is 38.7 Å². The third kappa shape index (κ3) is 2.91. The maximum atomic E-state index is 13.8. The minimum atomic E-state index is -0.782. The van der Waals surface area contributed by atoms with Crippen molar-refractivity contribution in [3.8, 4) is 6.07 Å². The van der Waals surface area contributed by atoms with Crippen LogP contribution in [0, 0.1) is 28.4 Å². The first-order chi connectivity index (χ1) is 9.46. The number of benzene rings is 1. The third-order valence-electron chi connectivity index (χ3n) is 4.12. The van der Waals surface area contributed by atoms with Gasteiger partial charge in [0.05, 0.1) is 17.7 Å². The molecule has 108 valence electrons. The average molecular weight is 280 g/mol. The molecule has 1 aliphatic carbocycles. The summed E-state index contributed by atoms with van der Waals surface area (Å²) in [4.78, 5) is 0. The van der Waals surface area contributed by atoms with Gasteiger partial charge in [-0.05, 0) is 25.0 Å². The van der Waals surface area contributed by atoms with Crippen LogP contribution in [-0.4, -0.2) is 17.8 Å². The van der Waals surface area contributed by atoms with Crippen LogP contribution in [0.2, 0.25) is 0 Å². The molecule has 20 heavy (non-hydrogen) atoms. The molecule has 1 aliphatic rings. The second-order valence-corrected chi connectivity index (χ2v) is 5.70.